The largest absolute Gasteiger partial charge is 0.453 e. The normalized spacial score (nSPS) is 47.3. The van der Waals surface area contributed by atoms with Crippen LogP contribution in [0.3, 0.4) is 0 Å². The highest BCUT2D eigenvalue weighted by Crippen LogP contribution is 2.64. The Morgan fingerprint density at radius 1 is 0.800 bits per heavy atom. The van der Waals surface area contributed by atoms with Gasteiger partial charge in [-0.15, -0.1) is 4.89 Å². The Morgan fingerprint density at radius 3 is 2.26 bits per heavy atom. The number of hydrogen-bond donors (Lipinski definition) is 0. The van der Waals surface area contributed by atoms with Crippen molar-refractivity contribution in [2.45, 2.75) is 161 Å². The molecule has 50 heavy (non-hydrogen) atoms. The standard InChI is InChI=1S/C38H59F3O9/c1-22(2)36-27-16-18-35(7,49-50-36)48-46-31(38(39,40)41)26(30(36)14-12-23(27)3)21-42-19-9-8-10-20-43-32-25(5)29-13-11-24(4)28-15-17-34(6)45-33(44-32)37(28,29)47-34/h22-25,27-30,32-33H,8-21H2,1-7H3/t23-,24-,25-,27+,28+,29+,30+,32+,33-,34+,35+,36-,37?/m1/s1. The van der Waals surface area contributed by atoms with E-state index >= 15 is 0 Å². The summed E-state index contributed by atoms with van der Waals surface area (Å²) in [5, 5.41) is 0. The molecule has 0 radical (unpaired) electrons. The van der Waals surface area contributed by atoms with E-state index in [0.29, 0.717) is 56.7 Å². The molecular weight excluding hydrogens is 657 g/mol. The van der Waals surface area contributed by atoms with Crippen LogP contribution in [-0.2, 0) is 43.2 Å². The van der Waals surface area contributed by atoms with E-state index in [9.17, 15) is 13.2 Å². The van der Waals surface area contributed by atoms with Gasteiger partial charge in [-0.05, 0) is 101 Å². The molecule has 0 amide bonds. The minimum absolute atomic E-state index is 0.00537. The second kappa shape index (κ2) is 13.7. The van der Waals surface area contributed by atoms with E-state index in [1.54, 1.807) is 6.92 Å². The van der Waals surface area contributed by atoms with Gasteiger partial charge in [0.1, 0.15) is 11.2 Å². The van der Waals surface area contributed by atoms with E-state index in [2.05, 4.69) is 20.8 Å². The molecule has 7 aliphatic rings. The van der Waals surface area contributed by atoms with Crippen LogP contribution in [0.15, 0.2) is 11.3 Å². The third kappa shape index (κ3) is 6.27. The van der Waals surface area contributed by atoms with Crippen LogP contribution in [0.2, 0.25) is 0 Å². The van der Waals surface area contributed by atoms with E-state index in [4.69, 9.17) is 43.2 Å². The quantitative estimate of drug-likeness (QED) is 0.163. The molecule has 9 nitrogen and oxygen atoms in total. The topological polar surface area (TPSA) is 83.1 Å². The van der Waals surface area contributed by atoms with Crippen LogP contribution in [0.1, 0.15) is 119 Å². The van der Waals surface area contributed by atoms with Gasteiger partial charge in [-0.3, -0.25) is 0 Å². The molecule has 7 rings (SSSR count). The van der Waals surface area contributed by atoms with Gasteiger partial charge in [0.2, 0.25) is 11.5 Å². The maximum absolute atomic E-state index is 14.7. The molecule has 5 heterocycles. The summed E-state index contributed by atoms with van der Waals surface area (Å²) in [4.78, 5) is 22.6. The molecule has 12 heteroatoms. The Morgan fingerprint density at radius 2 is 1.50 bits per heavy atom. The van der Waals surface area contributed by atoms with Gasteiger partial charge in [0, 0.05) is 49.4 Å². The van der Waals surface area contributed by atoms with E-state index in [0.717, 1.165) is 38.5 Å². The van der Waals surface area contributed by atoms with Gasteiger partial charge < -0.3 is 28.6 Å². The second-order valence-electron chi connectivity index (χ2n) is 17.3. The lowest BCUT2D eigenvalue weighted by atomic mass is 9.56. The molecule has 1 spiro atoms. The fourth-order valence-corrected chi connectivity index (χ4v) is 11.2. The molecule has 0 N–H and O–H groups in total. The van der Waals surface area contributed by atoms with E-state index in [1.165, 1.54) is 6.42 Å². The number of alkyl halides is 3. The molecule has 0 aromatic carbocycles. The third-order valence-corrected chi connectivity index (χ3v) is 13.8. The summed E-state index contributed by atoms with van der Waals surface area (Å²) in [6.07, 6.45) is 3.29. The van der Waals surface area contributed by atoms with Gasteiger partial charge in [-0.25, -0.2) is 4.89 Å². The molecule has 0 aromatic heterocycles. The fraction of sp³-hybridized carbons (Fsp3) is 0.947. The minimum Gasteiger partial charge on any atom is -0.377 e. The zero-order valence-corrected chi connectivity index (χ0v) is 31.0. The highest BCUT2D eigenvalue weighted by Gasteiger charge is 2.71. The fourth-order valence-electron chi connectivity index (χ4n) is 11.2. The SMILES string of the molecule is CC(C)[C@@]12OO[C@@]3(C)CC[C@H]1[C@H](C)CC[C@H]2C(COCCCCCO[C@H]1O[C@@H]2O[C@]4(C)CC[C@H]5[C@H](C)CC[C@@H]([C@H]1C)C25O4)=C(C(F)(F)F)OO3. The summed E-state index contributed by atoms with van der Waals surface area (Å²) in [7, 11) is 0. The van der Waals surface area contributed by atoms with E-state index in [1.807, 2.05) is 20.8 Å². The Balaban J connectivity index is 0.955. The van der Waals surface area contributed by atoms with E-state index in [-0.39, 0.29) is 42.1 Å². The molecule has 4 saturated heterocycles. The summed E-state index contributed by atoms with van der Waals surface area (Å²) in [6, 6.07) is 0. The van der Waals surface area contributed by atoms with Crippen LogP contribution in [0.25, 0.3) is 0 Å². The Bertz CT molecular complexity index is 1260. The van der Waals surface area contributed by atoms with Crippen LogP contribution in [0.5, 0.6) is 0 Å². The lowest BCUT2D eigenvalue weighted by Gasteiger charge is -2.58. The van der Waals surface area contributed by atoms with Crippen LogP contribution in [-0.4, -0.2) is 61.4 Å². The first-order valence-electron chi connectivity index (χ1n) is 19.4. The number of unbranched alkanes of at least 4 members (excludes halogenated alkanes) is 2. The monoisotopic (exact) mass is 716 g/mol. The van der Waals surface area contributed by atoms with Crippen molar-refractivity contribution in [1.29, 1.82) is 0 Å². The van der Waals surface area contributed by atoms with Gasteiger partial charge in [0.25, 0.3) is 0 Å². The molecule has 2 saturated carbocycles. The van der Waals surface area contributed by atoms with Gasteiger partial charge in [0.15, 0.2) is 18.4 Å². The van der Waals surface area contributed by atoms with Crippen molar-refractivity contribution in [2.24, 2.45) is 47.3 Å². The van der Waals surface area contributed by atoms with Gasteiger partial charge in [-0.1, -0.05) is 34.6 Å². The molecule has 4 bridgehead atoms. The van der Waals surface area contributed by atoms with Crippen LogP contribution < -0.4 is 0 Å². The van der Waals surface area contributed by atoms with Crippen molar-refractivity contribution in [3.05, 3.63) is 11.3 Å². The Hall–Kier alpha value is -0.990. The molecular formula is C38H59F3O9. The van der Waals surface area contributed by atoms with Crippen molar-refractivity contribution in [1.82, 2.24) is 0 Å². The van der Waals surface area contributed by atoms with Gasteiger partial charge in [0.05, 0.1) is 6.61 Å². The highest BCUT2D eigenvalue weighted by molar-refractivity contribution is 5.24. The molecule has 6 fully saturated rings. The number of allylic oxidation sites excluding steroid dienone is 1. The molecule has 2 aliphatic carbocycles. The predicted octanol–water partition coefficient (Wildman–Crippen LogP) is 8.76. The second-order valence-corrected chi connectivity index (χ2v) is 17.3. The maximum Gasteiger partial charge on any atom is 0.453 e. The minimum atomic E-state index is -4.78. The first kappa shape index (κ1) is 37.3. The molecule has 1 unspecified atom stereocenters. The predicted molar refractivity (Wildman–Crippen MR) is 174 cm³/mol. The summed E-state index contributed by atoms with van der Waals surface area (Å²) in [6.45, 7) is 14.9. The molecule has 5 aliphatic heterocycles. The number of ether oxygens (including phenoxy) is 5. The zero-order chi connectivity index (χ0) is 35.7. The molecule has 286 valence electrons. The van der Waals surface area contributed by atoms with E-state index < -0.39 is 46.9 Å². The number of rotatable bonds is 10. The highest BCUT2D eigenvalue weighted by atomic mass is 19.4. The third-order valence-electron chi connectivity index (χ3n) is 13.8. The summed E-state index contributed by atoms with van der Waals surface area (Å²) in [5.41, 5.74) is -1.32. The van der Waals surface area contributed by atoms with Gasteiger partial charge >= 0.3 is 6.18 Å². The smallest absolute Gasteiger partial charge is 0.377 e. The lowest BCUT2D eigenvalue weighted by molar-refractivity contribution is -0.523. The zero-order valence-electron chi connectivity index (χ0n) is 31.0. The van der Waals surface area contributed by atoms with Crippen molar-refractivity contribution >= 4 is 0 Å². The van der Waals surface area contributed by atoms with Crippen LogP contribution in [0, 0.1) is 47.3 Å². The Kier molecular flexibility index (Phi) is 10.2. The van der Waals surface area contributed by atoms with Crippen molar-refractivity contribution < 1.29 is 56.4 Å². The average molecular weight is 717 g/mol. The summed E-state index contributed by atoms with van der Waals surface area (Å²) >= 11 is 0. The first-order valence-corrected chi connectivity index (χ1v) is 19.4. The lowest BCUT2D eigenvalue weighted by Crippen LogP contribution is -2.66. The maximum atomic E-state index is 14.7. The number of fused-ring (bicyclic) bond motifs is 3. The van der Waals surface area contributed by atoms with Crippen molar-refractivity contribution in [2.75, 3.05) is 19.8 Å². The van der Waals surface area contributed by atoms with Crippen LogP contribution in [0.4, 0.5) is 13.2 Å². The Labute approximate surface area is 295 Å². The summed E-state index contributed by atoms with van der Waals surface area (Å²) in [5.74, 6) is -2.17. The summed E-state index contributed by atoms with van der Waals surface area (Å²) < 4.78 is 76.1. The number of halogens is 3. The van der Waals surface area contributed by atoms with Crippen molar-refractivity contribution in [3.8, 4) is 0 Å². The van der Waals surface area contributed by atoms with Crippen LogP contribution >= 0.6 is 0 Å². The van der Waals surface area contributed by atoms with Gasteiger partial charge in [-0.2, -0.15) is 18.1 Å². The molecule has 13 atom stereocenters. The molecule has 0 aromatic rings. The van der Waals surface area contributed by atoms with Crippen molar-refractivity contribution in [3.63, 3.8) is 0 Å². The first-order chi connectivity index (χ1) is 23.6. The number of hydrogen-bond acceptors (Lipinski definition) is 9. The average Bonchev–Trinajstić information content (AvgIpc) is 3.17.